The molecule has 3 heterocycles. The lowest BCUT2D eigenvalue weighted by molar-refractivity contribution is -0.113. The summed E-state index contributed by atoms with van der Waals surface area (Å²) in [6.07, 6.45) is 3.43. The van der Waals surface area contributed by atoms with Gasteiger partial charge in [-0.25, -0.2) is 9.97 Å². The second-order valence-corrected chi connectivity index (χ2v) is 7.77. The molecule has 0 saturated carbocycles. The predicted octanol–water partition coefficient (Wildman–Crippen LogP) is 4.01. The monoisotopic (exact) mass is 416 g/mol. The molecule has 0 aliphatic heterocycles. The van der Waals surface area contributed by atoms with Crippen molar-refractivity contribution in [1.82, 2.24) is 24.7 Å². The summed E-state index contributed by atoms with van der Waals surface area (Å²) in [5.41, 5.74) is 2.32. The molecule has 7 nitrogen and oxygen atoms in total. The van der Waals surface area contributed by atoms with Gasteiger partial charge in [-0.15, -0.1) is 28.1 Å². The molecule has 0 spiro atoms. The van der Waals surface area contributed by atoms with Gasteiger partial charge in [0.15, 0.2) is 10.8 Å². The first-order valence-corrected chi connectivity index (χ1v) is 10.2. The van der Waals surface area contributed by atoms with Crippen LogP contribution in [0.15, 0.2) is 47.6 Å². The summed E-state index contributed by atoms with van der Waals surface area (Å²) in [6.45, 7) is 4.39. The zero-order valence-electron chi connectivity index (χ0n) is 13.9. The van der Waals surface area contributed by atoms with Crippen molar-refractivity contribution in [2.24, 2.45) is 0 Å². The molecule has 4 aromatic rings. The largest absolute Gasteiger partial charge is 0.320 e. The van der Waals surface area contributed by atoms with E-state index in [-0.39, 0.29) is 11.7 Å². The van der Waals surface area contributed by atoms with Gasteiger partial charge in [-0.2, -0.15) is 0 Å². The van der Waals surface area contributed by atoms with Crippen LogP contribution in [0.3, 0.4) is 0 Å². The van der Waals surface area contributed by atoms with Crippen LogP contribution in [0, 0.1) is 0 Å². The summed E-state index contributed by atoms with van der Waals surface area (Å²) < 4.78 is 2.00. The van der Waals surface area contributed by atoms with Crippen LogP contribution < -0.4 is 5.32 Å². The number of hydrogen-bond acceptors (Lipinski definition) is 7. The normalized spacial score (nSPS) is 11.1. The van der Waals surface area contributed by atoms with Crippen molar-refractivity contribution in [3.63, 3.8) is 0 Å². The Labute approximate surface area is 167 Å². The number of carbonyl (C=O) groups excluding carboxylic acids is 1. The van der Waals surface area contributed by atoms with E-state index in [0.717, 1.165) is 10.9 Å². The molecule has 0 unspecified atom stereocenters. The first-order valence-electron chi connectivity index (χ1n) is 7.91. The number of nitrogens with zero attached hydrogens (tertiary/aromatic N) is 5. The number of carbonyl (C=O) groups is 1. The third-order valence-corrected chi connectivity index (χ3v) is 5.49. The van der Waals surface area contributed by atoms with Gasteiger partial charge in [0.05, 0.1) is 11.3 Å². The van der Waals surface area contributed by atoms with Gasteiger partial charge >= 0.3 is 0 Å². The highest BCUT2D eigenvalue weighted by molar-refractivity contribution is 7.99. The lowest BCUT2D eigenvalue weighted by atomic mass is 10.2. The molecule has 0 bridgehead atoms. The summed E-state index contributed by atoms with van der Waals surface area (Å²) in [4.78, 5) is 20.6. The minimum Gasteiger partial charge on any atom is -0.320 e. The maximum atomic E-state index is 12.0. The molecule has 136 valence electrons. The number of anilines is 1. The van der Waals surface area contributed by atoms with Crippen LogP contribution in [0.1, 0.15) is 0 Å². The Balaban J connectivity index is 1.63. The molecular formula is C17H13ClN6OS2. The molecule has 0 atom stereocenters. The number of thioether (sulfide) groups is 1. The van der Waals surface area contributed by atoms with E-state index in [1.807, 2.05) is 22.8 Å². The molecule has 27 heavy (non-hydrogen) atoms. The van der Waals surface area contributed by atoms with Crippen molar-refractivity contribution in [2.75, 3.05) is 11.1 Å². The van der Waals surface area contributed by atoms with E-state index >= 15 is 0 Å². The van der Waals surface area contributed by atoms with E-state index in [9.17, 15) is 4.79 Å². The number of nitrogens with one attached hydrogen (secondary N) is 1. The number of fused-ring (bicyclic) bond motifs is 3. The Morgan fingerprint density at radius 3 is 3.07 bits per heavy atom. The second kappa shape index (κ2) is 7.63. The summed E-state index contributed by atoms with van der Waals surface area (Å²) in [6, 6.07) is 5.61. The molecule has 0 aliphatic rings. The number of aromatic nitrogens is 5. The van der Waals surface area contributed by atoms with Crippen LogP contribution in [0.4, 0.5) is 5.13 Å². The fourth-order valence-corrected chi connectivity index (χ4v) is 3.96. The number of thiazole rings is 1. The quantitative estimate of drug-likeness (QED) is 0.377. The average molecular weight is 417 g/mol. The van der Waals surface area contributed by atoms with Crippen LogP contribution in [0.25, 0.3) is 22.1 Å². The first-order chi connectivity index (χ1) is 13.2. The smallest absolute Gasteiger partial charge is 0.236 e. The van der Waals surface area contributed by atoms with Crippen molar-refractivity contribution in [1.29, 1.82) is 0 Å². The van der Waals surface area contributed by atoms with E-state index < -0.39 is 0 Å². The first kappa shape index (κ1) is 17.9. The maximum Gasteiger partial charge on any atom is 0.236 e. The fraction of sp³-hybridized carbons (Fsp3) is 0.118. The topological polar surface area (TPSA) is 85.6 Å². The van der Waals surface area contributed by atoms with Gasteiger partial charge in [0, 0.05) is 28.5 Å². The average Bonchev–Trinajstić information content (AvgIpc) is 3.27. The van der Waals surface area contributed by atoms with Crippen molar-refractivity contribution in [3.8, 4) is 0 Å². The van der Waals surface area contributed by atoms with Crippen LogP contribution in [-0.4, -0.2) is 36.4 Å². The SMILES string of the molecule is C=CCn1c2ccc(Cl)cc2c2nnc(SCC(=O)Nc3nccs3)nc21. The molecule has 4 rings (SSSR count). The molecule has 1 amide bonds. The van der Waals surface area contributed by atoms with Crippen molar-refractivity contribution >= 4 is 67.8 Å². The van der Waals surface area contributed by atoms with Crippen molar-refractivity contribution in [2.45, 2.75) is 11.7 Å². The van der Waals surface area contributed by atoms with Gasteiger partial charge in [0.1, 0.15) is 5.52 Å². The molecule has 0 aliphatic carbocycles. The minimum absolute atomic E-state index is 0.167. The number of amides is 1. The highest BCUT2D eigenvalue weighted by Crippen LogP contribution is 2.29. The Morgan fingerprint density at radius 2 is 2.30 bits per heavy atom. The molecule has 1 N–H and O–H groups in total. The summed E-state index contributed by atoms with van der Waals surface area (Å²) >= 11 is 8.71. The number of hydrogen-bond donors (Lipinski definition) is 1. The van der Waals surface area contributed by atoms with Gasteiger partial charge in [0.2, 0.25) is 11.1 Å². The van der Waals surface area contributed by atoms with Gasteiger partial charge < -0.3 is 9.88 Å². The van der Waals surface area contributed by atoms with E-state index in [1.165, 1.54) is 23.1 Å². The highest BCUT2D eigenvalue weighted by Gasteiger charge is 2.15. The van der Waals surface area contributed by atoms with Gasteiger partial charge in [-0.3, -0.25) is 4.79 Å². The Kier molecular flexibility index (Phi) is 5.06. The van der Waals surface area contributed by atoms with Crippen molar-refractivity contribution < 1.29 is 4.79 Å². The minimum atomic E-state index is -0.169. The zero-order valence-corrected chi connectivity index (χ0v) is 16.3. The van der Waals surface area contributed by atoms with Crippen molar-refractivity contribution in [3.05, 3.63) is 47.5 Å². The Hall–Kier alpha value is -2.49. The third-order valence-electron chi connectivity index (χ3n) is 3.73. The summed E-state index contributed by atoms with van der Waals surface area (Å²) in [7, 11) is 0. The number of halogens is 1. The molecule has 0 saturated heterocycles. The fourth-order valence-electron chi connectivity index (χ4n) is 2.66. The highest BCUT2D eigenvalue weighted by atomic mass is 35.5. The second-order valence-electron chi connectivity index (χ2n) is 5.50. The van der Waals surface area contributed by atoms with E-state index in [4.69, 9.17) is 11.6 Å². The zero-order chi connectivity index (χ0) is 18.8. The summed E-state index contributed by atoms with van der Waals surface area (Å²) in [5, 5.41) is 15.5. The number of rotatable bonds is 6. The number of allylic oxidation sites excluding steroid dienone is 1. The molecule has 10 heteroatoms. The molecule has 0 radical (unpaired) electrons. The van der Waals surface area contributed by atoms with E-state index in [1.54, 1.807) is 17.7 Å². The molecule has 1 aromatic carbocycles. The lowest BCUT2D eigenvalue weighted by Crippen LogP contribution is -2.14. The summed E-state index contributed by atoms with van der Waals surface area (Å²) in [5.74, 6) is -0.00244. The maximum absolute atomic E-state index is 12.0. The van der Waals surface area contributed by atoms with Gasteiger partial charge in [-0.1, -0.05) is 29.4 Å². The van der Waals surface area contributed by atoms with E-state index in [0.29, 0.717) is 33.0 Å². The molecular weight excluding hydrogens is 404 g/mol. The predicted molar refractivity (Wildman–Crippen MR) is 110 cm³/mol. The lowest BCUT2D eigenvalue weighted by Gasteiger charge is -2.03. The number of benzene rings is 1. The standard InChI is InChI=1S/C17H13ClN6OS2/c1-2-6-24-12-4-3-10(18)8-11(12)14-15(24)21-17(23-22-14)27-9-13(25)20-16-19-5-7-26-16/h2-5,7-8H,1,6,9H2,(H,19,20,25). The molecule has 3 aromatic heterocycles. The molecule has 0 fully saturated rings. The van der Waals surface area contributed by atoms with Crippen LogP contribution in [0.2, 0.25) is 5.02 Å². The van der Waals surface area contributed by atoms with Gasteiger partial charge in [-0.05, 0) is 18.2 Å². The van der Waals surface area contributed by atoms with E-state index in [2.05, 4.69) is 32.1 Å². The van der Waals surface area contributed by atoms with Crippen LogP contribution >= 0.6 is 34.7 Å². The van der Waals surface area contributed by atoms with Crippen LogP contribution in [-0.2, 0) is 11.3 Å². The Morgan fingerprint density at radius 1 is 1.41 bits per heavy atom. The Bertz CT molecular complexity index is 1140. The van der Waals surface area contributed by atoms with Crippen LogP contribution in [0.5, 0.6) is 0 Å². The third kappa shape index (κ3) is 3.66. The van der Waals surface area contributed by atoms with Gasteiger partial charge in [0.25, 0.3) is 0 Å².